The van der Waals surface area contributed by atoms with Gasteiger partial charge < -0.3 is 35.9 Å². The molecule has 3 aliphatic rings. The van der Waals surface area contributed by atoms with E-state index in [1.807, 2.05) is 13.0 Å². The van der Waals surface area contributed by atoms with E-state index in [9.17, 15) is 4.79 Å². The first-order valence-electron chi connectivity index (χ1n) is 15.5. The number of nitrogens with two attached hydrogens (primary N) is 1. The van der Waals surface area contributed by atoms with Crippen LogP contribution in [0.25, 0.3) is 11.4 Å². The van der Waals surface area contributed by atoms with Gasteiger partial charge in [0.15, 0.2) is 17.3 Å². The summed E-state index contributed by atoms with van der Waals surface area (Å²) in [4.78, 5) is 37.3. The number of imidazole rings is 1. The first-order valence-corrected chi connectivity index (χ1v) is 15.5. The molecule has 230 valence electrons. The number of rotatable bonds is 8. The molecule has 12 heteroatoms. The fourth-order valence-corrected chi connectivity index (χ4v) is 6.44. The van der Waals surface area contributed by atoms with E-state index in [2.05, 4.69) is 61.4 Å². The average molecular weight is 589 g/mol. The Bertz CT molecular complexity index is 1420. The number of anilines is 4. The van der Waals surface area contributed by atoms with Gasteiger partial charge >= 0.3 is 0 Å². The molecular weight excluding hydrogens is 544 g/mol. The monoisotopic (exact) mass is 588 g/mol. The van der Waals surface area contributed by atoms with Gasteiger partial charge in [-0.15, -0.1) is 0 Å². The van der Waals surface area contributed by atoms with Crippen molar-refractivity contribution in [3.8, 4) is 11.4 Å². The molecule has 2 aromatic heterocycles. The fraction of sp³-hybridized carbons (Fsp3) is 0.548. The molecule has 3 aliphatic heterocycles. The summed E-state index contributed by atoms with van der Waals surface area (Å²) in [6, 6.07) is 7.16. The molecule has 43 heavy (non-hydrogen) atoms. The summed E-state index contributed by atoms with van der Waals surface area (Å²) in [6.45, 7) is 12.2. The highest BCUT2D eigenvalue weighted by Gasteiger charge is 2.28. The van der Waals surface area contributed by atoms with Crippen LogP contribution in [0.5, 0.6) is 0 Å². The summed E-state index contributed by atoms with van der Waals surface area (Å²) in [5, 5.41) is 6.88. The Balaban J connectivity index is 1.21. The first kappa shape index (κ1) is 29.3. The maximum atomic E-state index is 12.6. The maximum Gasteiger partial charge on any atom is 0.271 e. The van der Waals surface area contributed by atoms with Gasteiger partial charge in [0, 0.05) is 75.9 Å². The second kappa shape index (κ2) is 12.9. The Labute approximate surface area is 253 Å². The Morgan fingerprint density at radius 3 is 2.40 bits per heavy atom. The van der Waals surface area contributed by atoms with Crippen LogP contribution in [0.3, 0.4) is 0 Å². The Morgan fingerprint density at radius 2 is 1.74 bits per heavy atom. The van der Waals surface area contributed by atoms with E-state index in [4.69, 9.17) is 20.4 Å². The van der Waals surface area contributed by atoms with Crippen LogP contribution in [0, 0.1) is 13.8 Å². The second-order valence-corrected chi connectivity index (χ2v) is 12.1. The topological polar surface area (TPSA) is 141 Å². The summed E-state index contributed by atoms with van der Waals surface area (Å²) in [5.74, 6) is 0.985. The molecule has 0 saturated carbocycles. The standard InChI is InChI=1S/C31H44N10O2/c1-20-18-23(4-5-26(20)41-10-6-24(7-11-41)40-14-12-39(3)13-15-40)36-31-28(29(32)42)37-27(25-19-33-21(2)34-25)30(38-31)35-22-8-16-43-17-9-22/h4-5,18-19,22,24H,6-17H2,1-3H3,(H2,32,42)(H,33,34)(H2,35,36,38). The highest BCUT2D eigenvalue weighted by molar-refractivity contribution is 5.97. The van der Waals surface area contributed by atoms with Crippen LogP contribution in [0.2, 0.25) is 0 Å². The predicted octanol–water partition coefficient (Wildman–Crippen LogP) is 3.13. The Kier molecular flexibility index (Phi) is 8.78. The third-order valence-electron chi connectivity index (χ3n) is 8.97. The third kappa shape index (κ3) is 6.76. The second-order valence-electron chi connectivity index (χ2n) is 12.1. The van der Waals surface area contributed by atoms with Crippen LogP contribution < -0.4 is 21.3 Å². The fourth-order valence-electron chi connectivity index (χ4n) is 6.44. The van der Waals surface area contributed by atoms with Gasteiger partial charge in [0.05, 0.1) is 11.9 Å². The van der Waals surface area contributed by atoms with Crippen molar-refractivity contribution in [1.29, 1.82) is 0 Å². The number of piperazine rings is 1. The smallest absolute Gasteiger partial charge is 0.271 e. The molecule has 1 aromatic carbocycles. The van der Waals surface area contributed by atoms with Crippen LogP contribution >= 0.6 is 0 Å². The van der Waals surface area contributed by atoms with E-state index in [0.29, 0.717) is 42.3 Å². The van der Waals surface area contributed by atoms with Gasteiger partial charge in [-0.2, -0.15) is 0 Å². The zero-order valence-corrected chi connectivity index (χ0v) is 25.5. The zero-order chi connectivity index (χ0) is 29.9. The van der Waals surface area contributed by atoms with Gasteiger partial charge in [0.2, 0.25) is 0 Å². The molecule has 5 N–H and O–H groups in total. The van der Waals surface area contributed by atoms with E-state index < -0.39 is 5.91 Å². The van der Waals surface area contributed by atoms with Gasteiger partial charge in [-0.25, -0.2) is 15.0 Å². The van der Waals surface area contributed by atoms with Gasteiger partial charge in [-0.3, -0.25) is 9.69 Å². The summed E-state index contributed by atoms with van der Waals surface area (Å²) in [6.07, 6.45) is 5.79. The molecule has 12 nitrogen and oxygen atoms in total. The number of carbonyl (C=O) groups excluding carboxylic acids is 1. The van der Waals surface area contributed by atoms with Gasteiger partial charge in [-0.1, -0.05) is 0 Å². The minimum atomic E-state index is -0.651. The molecule has 3 fully saturated rings. The number of nitrogens with one attached hydrogen (secondary N) is 3. The van der Waals surface area contributed by atoms with E-state index in [0.717, 1.165) is 50.5 Å². The number of nitrogens with zero attached hydrogens (tertiary/aromatic N) is 6. The predicted molar refractivity (Wildman–Crippen MR) is 169 cm³/mol. The van der Waals surface area contributed by atoms with E-state index in [-0.39, 0.29) is 11.7 Å². The molecule has 0 aliphatic carbocycles. The quantitative estimate of drug-likeness (QED) is 0.310. The highest BCUT2D eigenvalue weighted by Crippen LogP contribution is 2.32. The number of carbonyl (C=O) groups is 1. The number of benzene rings is 1. The summed E-state index contributed by atoms with van der Waals surface area (Å²) in [7, 11) is 2.21. The molecule has 3 aromatic rings. The average Bonchev–Trinajstić information content (AvgIpc) is 3.44. The van der Waals surface area contributed by atoms with Crippen molar-refractivity contribution < 1.29 is 9.53 Å². The number of hydrogen-bond acceptors (Lipinski definition) is 10. The van der Waals surface area contributed by atoms with Crippen molar-refractivity contribution >= 4 is 28.9 Å². The summed E-state index contributed by atoms with van der Waals surface area (Å²) in [5.41, 5.74) is 10.3. The molecular formula is C31H44N10O2. The molecule has 0 unspecified atom stereocenters. The van der Waals surface area contributed by atoms with Crippen LogP contribution in [0.15, 0.2) is 24.4 Å². The lowest BCUT2D eigenvalue weighted by molar-refractivity contribution is 0.0904. The van der Waals surface area contributed by atoms with Crippen molar-refractivity contribution in [3.05, 3.63) is 41.5 Å². The highest BCUT2D eigenvalue weighted by atomic mass is 16.5. The zero-order valence-electron chi connectivity index (χ0n) is 25.5. The lowest BCUT2D eigenvalue weighted by atomic mass is 10.0. The van der Waals surface area contributed by atoms with E-state index >= 15 is 0 Å². The Hall–Kier alpha value is -3.74. The van der Waals surface area contributed by atoms with Crippen LogP contribution in [-0.4, -0.2) is 107 Å². The number of H-pyrrole nitrogens is 1. The number of primary amides is 1. The van der Waals surface area contributed by atoms with Crippen molar-refractivity contribution in [2.24, 2.45) is 5.73 Å². The minimum absolute atomic E-state index is 0.0764. The molecule has 0 radical (unpaired) electrons. The van der Waals surface area contributed by atoms with Crippen molar-refractivity contribution in [2.45, 2.75) is 51.6 Å². The minimum Gasteiger partial charge on any atom is -0.381 e. The molecule has 0 bridgehead atoms. The van der Waals surface area contributed by atoms with Crippen LogP contribution in [0.4, 0.5) is 23.0 Å². The largest absolute Gasteiger partial charge is 0.381 e. The number of aromatic amines is 1. The van der Waals surface area contributed by atoms with Gasteiger partial charge in [-0.05, 0) is 70.3 Å². The number of piperidine rings is 1. The van der Waals surface area contributed by atoms with Crippen molar-refractivity contribution in [2.75, 3.05) is 75.1 Å². The summed E-state index contributed by atoms with van der Waals surface area (Å²) >= 11 is 0. The van der Waals surface area contributed by atoms with Crippen molar-refractivity contribution in [1.82, 2.24) is 29.7 Å². The van der Waals surface area contributed by atoms with Crippen molar-refractivity contribution in [3.63, 3.8) is 0 Å². The third-order valence-corrected chi connectivity index (χ3v) is 8.97. The molecule has 0 atom stereocenters. The van der Waals surface area contributed by atoms with Crippen LogP contribution in [-0.2, 0) is 4.74 Å². The molecule has 5 heterocycles. The molecule has 1 amide bonds. The molecule has 0 spiro atoms. The molecule has 6 rings (SSSR count). The lowest BCUT2D eigenvalue weighted by Gasteiger charge is -2.43. The Morgan fingerprint density at radius 1 is 1.00 bits per heavy atom. The van der Waals surface area contributed by atoms with Gasteiger partial charge in [0.25, 0.3) is 5.91 Å². The van der Waals surface area contributed by atoms with E-state index in [1.165, 1.54) is 37.2 Å². The maximum absolute atomic E-state index is 12.6. The number of likely N-dealkylation sites (N-methyl/N-ethyl adjacent to an activating group) is 1. The SMILES string of the molecule is Cc1ncc(-c2nc(C(N)=O)c(Nc3ccc(N4CCC(N5CCN(C)CC5)CC4)c(C)c3)nc2NC2CCOCC2)[nH]1. The van der Waals surface area contributed by atoms with E-state index in [1.54, 1.807) is 6.20 Å². The van der Waals surface area contributed by atoms with Crippen LogP contribution in [0.1, 0.15) is 47.6 Å². The van der Waals surface area contributed by atoms with Gasteiger partial charge in [0.1, 0.15) is 11.5 Å². The molecule has 3 saturated heterocycles. The normalized spacial score (nSPS) is 19.5. The lowest BCUT2D eigenvalue weighted by Crippen LogP contribution is -2.52. The number of amides is 1. The summed E-state index contributed by atoms with van der Waals surface area (Å²) < 4.78 is 5.54. The number of ether oxygens (including phenoxy) is 1. The first-order chi connectivity index (χ1) is 20.8. The number of aromatic nitrogens is 4. The number of hydrogen-bond donors (Lipinski definition) is 4. The number of aryl methyl sites for hydroxylation is 2.